The lowest BCUT2D eigenvalue weighted by Crippen LogP contribution is -2.46. The van der Waals surface area contributed by atoms with Crippen molar-refractivity contribution < 1.29 is 23.4 Å². The first-order valence-corrected chi connectivity index (χ1v) is 8.83. The lowest BCUT2D eigenvalue weighted by molar-refractivity contribution is -0.117. The second kappa shape index (κ2) is 6.70. The predicted molar refractivity (Wildman–Crippen MR) is 86.4 cm³/mol. The first-order valence-electron chi connectivity index (χ1n) is 7.62. The van der Waals surface area contributed by atoms with Crippen LogP contribution in [0.5, 0.6) is 0 Å². The van der Waals surface area contributed by atoms with Crippen molar-refractivity contribution in [2.24, 2.45) is 0 Å². The van der Waals surface area contributed by atoms with E-state index in [2.05, 4.69) is 10.5 Å². The molecule has 0 aromatic carbocycles. The number of nitrogens with one attached hydrogen (secondary N) is 1. The van der Waals surface area contributed by atoms with Crippen molar-refractivity contribution in [3.8, 4) is 0 Å². The molecule has 1 aromatic heterocycles. The van der Waals surface area contributed by atoms with Crippen LogP contribution in [0, 0.1) is 0 Å². The molecule has 7 nitrogen and oxygen atoms in total. The molecule has 0 bridgehead atoms. The van der Waals surface area contributed by atoms with E-state index in [9.17, 15) is 14.1 Å². The molecule has 2 rings (SSSR count). The van der Waals surface area contributed by atoms with Crippen LogP contribution in [0.3, 0.4) is 0 Å². The van der Waals surface area contributed by atoms with Gasteiger partial charge >= 0.3 is 0 Å². The van der Waals surface area contributed by atoms with Crippen LogP contribution in [-0.2, 0) is 25.9 Å². The Kier molecular flexibility index (Phi) is 5.27. The van der Waals surface area contributed by atoms with Gasteiger partial charge in [0.15, 0.2) is 0 Å². The topological polar surface area (TPSA) is 102 Å². The second-order valence-corrected chi connectivity index (χ2v) is 8.99. The molecule has 0 aliphatic carbocycles. The first kappa shape index (κ1) is 18.1. The molecule has 1 saturated heterocycles. The molecular formula is C15H24N2O5S. The van der Waals surface area contributed by atoms with Crippen LogP contribution in [0.4, 0.5) is 5.88 Å². The summed E-state index contributed by atoms with van der Waals surface area (Å²) >= 11 is 0. The number of hydrogen-bond donors (Lipinski definition) is 2. The maximum Gasteiger partial charge on any atom is 0.245 e. The quantitative estimate of drug-likeness (QED) is 0.840. The molecule has 0 spiro atoms. The Morgan fingerprint density at radius 2 is 1.96 bits per heavy atom. The van der Waals surface area contributed by atoms with Gasteiger partial charge in [0.2, 0.25) is 11.8 Å². The monoisotopic (exact) mass is 344 g/mol. The van der Waals surface area contributed by atoms with Crippen LogP contribution in [0.15, 0.2) is 10.6 Å². The molecule has 2 N–H and O–H groups in total. The van der Waals surface area contributed by atoms with Gasteiger partial charge in [-0.3, -0.25) is 14.3 Å². The fourth-order valence-corrected chi connectivity index (χ4v) is 3.97. The molecule has 1 aliphatic rings. The predicted octanol–water partition coefficient (Wildman–Crippen LogP) is 1.55. The summed E-state index contributed by atoms with van der Waals surface area (Å²) in [5, 5.41) is 16.1. The van der Waals surface area contributed by atoms with E-state index in [1.165, 1.54) is 6.07 Å². The fourth-order valence-electron chi connectivity index (χ4n) is 2.28. The van der Waals surface area contributed by atoms with Crippen molar-refractivity contribution in [2.45, 2.75) is 56.1 Å². The van der Waals surface area contributed by atoms with E-state index in [0.717, 1.165) is 0 Å². The number of aliphatic hydroxyl groups is 1. The van der Waals surface area contributed by atoms with Crippen LogP contribution in [0.2, 0.25) is 0 Å². The summed E-state index contributed by atoms with van der Waals surface area (Å²) in [6.07, 6.45) is 1.38. The van der Waals surface area contributed by atoms with E-state index < -0.39 is 27.1 Å². The van der Waals surface area contributed by atoms with Crippen molar-refractivity contribution in [3.05, 3.63) is 11.8 Å². The molecule has 1 amide bonds. The number of amides is 1. The zero-order valence-electron chi connectivity index (χ0n) is 13.9. The third-order valence-corrected chi connectivity index (χ3v) is 6.16. The molecule has 8 heteroatoms. The Morgan fingerprint density at radius 3 is 2.48 bits per heavy atom. The Balaban J connectivity index is 2.06. The number of hydrogen-bond acceptors (Lipinski definition) is 6. The Hall–Kier alpha value is -1.25. The van der Waals surface area contributed by atoms with Gasteiger partial charge in [0, 0.05) is 35.3 Å². The minimum atomic E-state index is -1.33. The van der Waals surface area contributed by atoms with Gasteiger partial charge in [-0.15, -0.1) is 0 Å². The standard InChI is InChI=1S/C15H24N2O5S/c1-14(2,19)11-9-12(22-17-11)16-13(18)15(3,4)23(20)10-5-7-21-8-6-10/h9-10,19H,5-8H2,1-4H3,(H,16,18). The molecule has 1 aromatic rings. The summed E-state index contributed by atoms with van der Waals surface area (Å²) in [4.78, 5) is 12.5. The molecule has 0 saturated carbocycles. The van der Waals surface area contributed by atoms with E-state index in [0.29, 0.717) is 31.7 Å². The van der Waals surface area contributed by atoms with Gasteiger partial charge in [-0.05, 0) is 40.5 Å². The number of anilines is 1. The van der Waals surface area contributed by atoms with Crippen LogP contribution < -0.4 is 5.32 Å². The summed E-state index contributed by atoms with van der Waals surface area (Å²) in [5.74, 6) is -0.273. The average Bonchev–Trinajstić information content (AvgIpc) is 2.96. The lowest BCUT2D eigenvalue weighted by Gasteiger charge is -2.29. The Morgan fingerprint density at radius 1 is 1.35 bits per heavy atom. The van der Waals surface area contributed by atoms with E-state index in [1.54, 1.807) is 27.7 Å². The number of carbonyl (C=O) groups is 1. The van der Waals surface area contributed by atoms with Crippen LogP contribution in [-0.4, -0.2) is 43.6 Å². The fraction of sp³-hybridized carbons (Fsp3) is 0.733. The number of aromatic nitrogens is 1. The summed E-state index contributed by atoms with van der Waals surface area (Å²) in [7, 11) is -1.33. The average molecular weight is 344 g/mol. The van der Waals surface area contributed by atoms with Crippen molar-refractivity contribution in [2.75, 3.05) is 18.5 Å². The first-order chi connectivity index (χ1) is 10.6. The van der Waals surface area contributed by atoms with Gasteiger partial charge in [0.05, 0.1) is 0 Å². The van der Waals surface area contributed by atoms with Gasteiger partial charge in [-0.1, -0.05) is 5.16 Å². The second-order valence-electron chi connectivity index (χ2n) is 6.71. The zero-order chi connectivity index (χ0) is 17.3. The van der Waals surface area contributed by atoms with Gasteiger partial charge in [0.1, 0.15) is 16.0 Å². The molecule has 23 heavy (non-hydrogen) atoms. The molecule has 1 atom stereocenters. The number of carbonyl (C=O) groups excluding carboxylic acids is 1. The van der Waals surface area contributed by atoms with Crippen molar-refractivity contribution in [3.63, 3.8) is 0 Å². The molecule has 1 aliphatic heterocycles. The summed E-state index contributed by atoms with van der Waals surface area (Å²) in [6.45, 7) is 7.60. The van der Waals surface area contributed by atoms with E-state index >= 15 is 0 Å². The van der Waals surface area contributed by atoms with Crippen LogP contribution >= 0.6 is 0 Å². The Labute approximate surface area is 138 Å². The summed E-state index contributed by atoms with van der Waals surface area (Å²) in [5.41, 5.74) is -0.844. The number of ether oxygens (including phenoxy) is 1. The van der Waals surface area contributed by atoms with E-state index in [1.807, 2.05) is 0 Å². The highest BCUT2D eigenvalue weighted by atomic mass is 32.2. The Bertz CT molecular complexity index is 585. The SMILES string of the molecule is CC(C)(O)c1cc(NC(=O)C(C)(C)S(=O)C2CCOCC2)on1. The zero-order valence-corrected chi connectivity index (χ0v) is 14.7. The molecule has 130 valence electrons. The minimum Gasteiger partial charge on any atom is -0.384 e. The third-order valence-electron chi connectivity index (χ3n) is 3.89. The van der Waals surface area contributed by atoms with E-state index in [-0.39, 0.29) is 11.1 Å². The lowest BCUT2D eigenvalue weighted by atomic mass is 10.1. The maximum atomic E-state index is 12.7. The maximum absolute atomic E-state index is 12.7. The number of nitrogens with zero attached hydrogens (tertiary/aromatic N) is 1. The molecule has 0 radical (unpaired) electrons. The largest absolute Gasteiger partial charge is 0.384 e. The van der Waals surface area contributed by atoms with Crippen molar-refractivity contribution in [1.82, 2.24) is 5.16 Å². The van der Waals surface area contributed by atoms with Crippen LogP contribution in [0.1, 0.15) is 46.2 Å². The molecule has 2 heterocycles. The molecule has 1 unspecified atom stereocenters. The number of rotatable bonds is 5. The van der Waals surface area contributed by atoms with Gasteiger partial charge in [0.25, 0.3) is 0 Å². The smallest absolute Gasteiger partial charge is 0.245 e. The summed E-state index contributed by atoms with van der Waals surface area (Å²) < 4.78 is 22.0. The summed E-state index contributed by atoms with van der Waals surface area (Å²) in [6, 6.07) is 1.46. The van der Waals surface area contributed by atoms with Crippen molar-refractivity contribution in [1.29, 1.82) is 0 Å². The highest BCUT2D eigenvalue weighted by Crippen LogP contribution is 2.26. The highest BCUT2D eigenvalue weighted by Gasteiger charge is 2.40. The van der Waals surface area contributed by atoms with Gasteiger partial charge < -0.3 is 14.4 Å². The normalized spacial score (nSPS) is 18.7. The van der Waals surface area contributed by atoms with Crippen molar-refractivity contribution >= 4 is 22.6 Å². The highest BCUT2D eigenvalue weighted by molar-refractivity contribution is 7.87. The minimum absolute atomic E-state index is 0.0498. The molecule has 1 fully saturated rings. The van der Waals surface area contributed by atoms with Crippen LogP contribution in [0.25, 0.3) is 0 Å². The molecular weight excluding hydrogens is 320 g/mol. The van der Waals surface area contributed by atoms with E-state index in [4.69, 9.17) is 9.26 Å². The van der Waals surface area contributed by atoms with Gasteiger partial charge in [-0.25, -0.2) is 0 Å². The van der Waals surface area contributed by atoms with Gasteiger partial charge in [-0.2, -0.15) is 0 Å². The third kappa shape index (κ3) is 4.19.